The Morgan fingerprint density at radius 3 is 2.50 bits per heavy atom. The minimum absolute atomic E-state index is 0.0160. The van der Waals surface area contributed by atoms with Crippen molar-refractivity contribution in [1.29, 1.82) is 0 Å². The first kappa shape index (κ1) is 19.9. The van der Waals surface area contributed by atoms with Gasteiger partial charge in [-0.05, 0) is 48.4 Å². The maximum absolute atomic E-state index is 12.7. The summed E-state index contributed by atoms with van der Waals surface area (Å²) in [5, 5.41) is 14.6. The average molecular weight is 381 g/mol. The van der Waals surface area contributed by atoms with Gasteiger partial charge >= 0.3 is 0 Å². The van der Waals surface area contributed by atoms with Crippen LogP contribution >= 0.6 is 0 Å². The van der Waals surface area contributed by atoms with E-state index in [4.69, 9.17) is 0 Å². The molecule has 1 N–H and O–H groups in total. The Hall–Kier alpha value is -2.89. The molecule has 2 aromatic carbocycles. The molecular formula is C22H27N3O3. The summed E-state index contributed by atoms with van der Waals surface area (Å²) in [6.07, 6.45) is 1.92. The Balaban J connectivity index is 1.88. The van der Waals surface area contributed by atoms with Gasteiger partial charge in [0.2, 0.25) is 0 Å². The number of rotatable bonds is 5. The van der Waals surface area contributed by atoms with E-state index >= 15 is 0 Å². The van der Waals surface area contributed by atoms with Gasteiger partial charge in [0.05, 0.1) is 4.92 Å². The quantitative estimate of drug-likeness (QED) is 0.591. The number of benzene rings is 2. The fourth-order valence-electron chi connectivity index (χ4n) is 4.08. The number of piperidine rings is 1. The molecule has 1 saturated heterocycles. The number of nitro benzene ring substituents is 1. The predicted octanol–water partition coefficient (Wildman–Crippen LogP) is 4.89. The van der Waals surface area contributed by atoms with Crippen LogP contribution in [0.1, 0.15) is 43.1 Å². The molecule has 0 saturated carbocycles. The van der Waals surface area contributed by atoms with Gasteiger partial charge in [0.1, 0.15) is 5.69 Å². The van der Waals surface area contributed by atoms with Crippen molar-refractivity contribution >= 4 is 23.0 Å². The maximum atomic E-state index is 12.7. The van der Waals surface area contributed by atoms with E-state index in [0.29, 0.717) is 23.1 Å². The molecule has 1 aliphatic rings. The third kappa shape index (κ3) is 4.32. The second kappa shape index (κ2) is 8.42. The average Bonchev–Trinajstić information content (AvgIpc) is 2.67. The molecule has 2 aromatic rings. The van der Waals surface area contributed by atoms with Crippen LogP contribution in [0.4, 0.5) is 17.1 Å². The van der Waals surface area contributed by atoms with Gasteiger partial charge in [-0.3, -0.25) is 14.9 Å². The molecule has 2 unspecified atom stereocenters. The molecule has 6 nitrogen and oxygen atoms in total. The van der Waals surface area contributed by atoms with Crippen LogP contribution in [0.2, 0.25) is 0 Å². The number of nitro groups is 1. The van der Waals surface area contributed by atoms with Crippen LogP contribution in [0.25, 0.3) is 0 Å². The fourth-order valence-corrected chi connectivity index (χ4v) is 4.08. The number of nitrogens with one attached hydrogen (secondary N) is 1. The van der Waals surface area contributed by atoms with Crippen LogP contribution in [0, 0.1) is 22.0 Å². The second-order valence-electron chi connectivity index (χ2n) is 7.78. The van der Waals surface area contributed by atoms with Gasteiger partial charge in [0.15, 0.2) is 0 Å². The van der Waals surface area contributed by atoms with E-state index in [1.54, 1.807) is 12.1 Å². The van der Waals surface area contributed by atoms with Crippen molar-refractivity contribution in [2.45, 2.75) is 33.6 Å². The molecule has 0 aliphatic carbocycles. The molecule has 1 fully saturated rings. The van der Waals surface area contributed by atoms with Crippen LogP contribution in [0.3, 0.4) is 0 Å². The van der Waals surface area contributed by atoms with Crippen molar-refractivity contribution in [3.05, 3.63) is 63.7 Å². The lowest BCUT2D eigenvalue weighted by Gasteiger charge is -2.36. The fraction of sp³-hybridized carbons (Fsp3) is 0.409. The van der Waals surface area contributed by atoms with Gasteiger partial charge in [-0.15, -0.1) is 0 Å². The highest BCUT2D eigenvalue weighted by Crippen LogP contribution is 2.34. The number of anilines is 2. The minimum Gasteiger partial charge on any atom is -0.365 e. The van der Waals surface area contributed by atoms with Gasteiger partial charge in [-0.2, -0.15) is 0 Å². The number of para-hydroxylation sites is 1. The molecule has 3 rings (SSSR count). The topological polar surface area (TPSA) is 75.5 Å². The third-order valence-corrected chi connectivity index (χ3v) is 5.29. The van der Waals surface area contributed by atoms with Crippen LogP contribution < -0.4 is 10.2 Å². The third-order valence-electron chi connectivity index (χ3n) is 5.29. The zero-order chi connectivity index (χ0) is 20.3. The van der Waals surface area contributed by atoms with Crippen LogP contribution in [-0.4, -0.2) is 23.9 Å². The molecule has 148 valence electrons. The van der Waals surface area contributed by atoms with E-state index in [0.717, 1.165) is 37.2 Å². The summed E-state index contributed by atoms with van der Waals surface area (Å²) >= 11 is 0. The Bertz CT molecular complexity index is 871. The lowest BCUT2D eigenvalue weighted by molar-refractivity contribution is -0.384. The Morgan fingerprint density at radius 1 is 1.18 bits per heavy atom. The Kier molecular flexibility index (Phi) is 5.97. The lowest BCUT2D eigenvalue weighted by Crippen LogP contribution is -2.39. The first-order valence-corrected chi connectivity index (χ1v) is 9.81. The van der Waals surface area contributed by atoms with Gasteiger partial charge in [0.25, 0.3) is 11.6 Å². The summed E-state index contributed by atoms with van der Waals surface area (Å²) < 4.78 is 0. The normalized spacial score (nSPS) is 19.3. The van der Waals surface area contributed by atoms with E-state index in [9.17, 15) is 14.9 Å². The number of carbonyl (C=O) groups is 1. The highest BCUT2D eigenvalue weighted by Gasteiger charge is 2.28. The van der Waals surface area contributed by atoms with Crippen LogP contribution in [0.5, 0.6) is 0 Å². The van der Waals surface area contributed by atoms with Crippen molar-refractivity contribution in [2.75, 3.05) is 23.3 Å². The summed E-state index contributed by atoms with van der Waals surface area (Å²) in [4.78, 5) is 26.1. The molecule has 2 atom stereocenters. The molecule has 0 radical (unpaired) electrons. The van der Waals surface area contributed by atoms with Crippen LogP contribution in [-0.2, 0) is 6.42 Å². The maximum Gasteiger partial charge on any atom is 0.293 e. The second-order valence-corrected chi connectivity index (χ2v) is 7.78. The number of carbonyl (C=O) groups excluding carboxylic acids is 1. The largest absolute Gasteiger partial charge is 0.365 e. The van der Waals surface area contributed by atoms with Crippen molar-refractivity contribution in [1.82, 2.24) is 0 Å². The highest BCUT2D eigenvalue weighted by atomic mass is 16.6. The van der Waals surface area contributed by atoms with Crippen molar-refractivity contribution in [2.24, 2.45) is 11.8 Å². The molecule has 1 heterocycles. The van der Waals surface area contributed by atoms with Crippen molar-refractivity contribution in [3.8, 4) is 0 Å². The first-order valence-electron chi connectivity index (χ1n) is 9.81. The Morgan fingerprint density at radius 2 is 1.86 bits per heavy atom. The molecular weight excluding hydrogens is 354 g/mol. The molecule has 0 aromatic heterocycles. The Labute approximate surface area is 165 Å². The smallest absolute Gasteiger partial charge is 0.293 e. The number of hydrogen-bond acceptors (Lipinski definition) is 4. The zero-order valence-corrected chi connectivity index (χ0v) is 16.6. The monoisotopic (exact) mass is 381 g/mol. The van der Waals surface area contributed by atoms with E-state index in [1.807, 2.05) is 31.2 Å². The van der Waals surface area contributed by atoms with Crippen molar-refractivity contribution in [3.63, 3.8) is 0 Å². The first-order chi connectivity index (χ1) is 13.4. The van der Waals surface area contributed by atoms with Gasteiger partial charge in [-0.1, -0.05) is 39.0 Å². The summed E-state index contributed by atoms with van der Waals surface area (Å²) in [7, 11) is 0. The molecule has 28 heavy (non-hydrogen) atoms. The highest BCUT2D eigenvalue weighted by molar-refractivity contribution is 6.05. The lowest BCUT2D eigenvalue weighted by atomic mass is 9.91. The van der Waals surface area contributed by atoms with Crippen LogP contribution in [0.15, 0.2) is 42.5 Å². The van der Waals surface area contributed by atoms with Gasteiger partial charge < -0.3 is 10.2 Å². The SMILES string of the molecule is CCc1ccccc1NC(=O)c1ccc(N2CC(C)CC(C)C2)c([N+](=O)[O-])c1. The number of nitrogens with zero attached hydrogens (tertiary/aromatic N) is 2. The van der Waals surface area contributed by atoms with Gasteiger partial charge in [0, 0.05) is 30.4 Å². The predicted molar refractivity (Wildman–Crippen MR) is 112 cm³/mol. The standard InChI is InChI=1S/C22H27N3O3/c1-4-17-7-5-6-8-19(17)23-22(26)18-9-10-20(21(12-18)25(27)28)24-13-15(2)11-16(3)14-24/h5-10,12,15-16H,4,11,13-14H2,1-3H3,(H,23,26). The summed E-state index contributed by atoms with van der Waals surface area (Å²) in [6.45, 7) is 7.94. The molecule has 0 bridgehead atoms. The number of aryl methyl sites for hydroxylation is 1. The minimum atomic E-state index is -0.393. The molecule has 1 aliphatic heterocycles. The number of amides is 1. The number of hydrogen-bond donors (Lipinski definition) is 1. The summed E-state index contributed by atoms with van der Waals surface area (Å²) in [5.74, 6) is 0.629. The molecule has 1 amide bonds. The van der Waals surface area contributed by atoms with E-state index < -0.39 is 4.92 Å². The summed E-state index contributed by atoms with van der Waals surface area (Å²) in [6, 6.07) is 12.4. The van der Waals surface area contributed by atoms with E-state index in [1.165, 1.54) is 6.07 Å². The molecule has 6 heteroatoms. The van der Waals surface area contributed by atoms with E-state index in [2.05, 4.69) is 24.1 Å². The van der Waals surface area contributed by atoms with Gasteiger partial charge in [-0.25, -0.2) is 0 Å². The van der Waals surface area contributed by atoms with E-state index in [-0.39, 0.29) is 11.6 Å². The summed E-state index contributed by atoms with van der Waals surface area (Å²) in [5.41, 5.74) is 2.63. The zero-order valence-electron chi connectivity index (χ0n) is 16.6. The van der Waals surface area contributed by atoms with Crippen molar-refractivity contribution < 1.29 is 9.72 Å². The molecule has 0 spiro atoms.